The molecule has 0 amide bonds. The molecule has 5 nitrogen and oxygen atoms in total. The summed E-state index contributed by atoms with van der Waals surface area (Å²) in [6, 6.07) is 1.04. The van der Waals surface area contributed by atoms with E-state index in [1.54, 1.807) is 0 Å². The van der Waals surface area contributed by atoms with Crippen molar-refractivity contribution >= 4 is 6.01 Å². The van der Waals surface area contributed by atoms with Gasteiger partial charge in [-0.1, -0.05) is 31.3 Å². The Labute approximate surface area is 102 Å². The zero-order valence-electron chi connectivity index (χ0n) is 10.5. The minimum Gasteiger partial charge on any atom is -0.408 e. The fourth-order valence-electron chi connectivity index (χ4n) is 2.50. The zero-order valence-corrected chi connectivity index (χ0v) is 10.5. The second-order valence-electron chi connectivity index (χ2n) is 4.82. The van der Waals surface area contributed by atoms with Gasteiger partial charge in [0, 0.05) is 19.0 Å². The minimum atomic E-state index is 0.486. The molecule has 17 heavy (non-hydrogen) atoms. The van der Waals surface area contributed by atoms with Crippen molar-refractivity contribution < 1.29 is 4.42 Å². The first-order valence-electron chi connectivity index (χ1n) is 6.60. The lowest BCUT2D eigenvalue weighted by Crippen LogP contribution is -2.27. The van der Waals surface area contributed by atoms with Gasteiger partial charge in [-0.3, -0.25) is 0 Å². The first-order chi connectivity index (χ1) is 8.31. The first-order valence-corrected chi connectivity index (χ1v) is 6.60. The Morgan fingerprint density at radius 1 is 1.41 bits per heavy atom. The van der Waals surface area contributed by atoms with Crippen molar-refractivity contribution in [1.29, 1.82) is 0 Å². The van der Waals surface area contributed by atoms with Crippen LogP contribution in [0.3, 0.4) is 0 Å². The lowest BCUT2D eigenvalue weighted by molar-refractivity contribution is 0.323. The third-order valence-electron chi connectivity index (χ3n) is 3.51. The lowest BCUT2D eigenvalue weighted by Gasteiger charge is -2.28. The summed E-state index contributed by atoms with van der Waals surface area (Å²) >= 11 is 0. The van der Waals surface area contributed by atoms with Gasteiger partial charge in [0.25, 0.3) is 0 Å². The fraction of sp³-hybridized carbons (Fsp3) is 0.833. The highest BCUT2D eigenvalue weighted by Crippen LogP contribution is 2.28. The van der Waals surface area contributed by atoms with Crippen LogP contribution >= 0.6 is 0 Å². The molecule has 1 saturated carbocycles. The standard InChI is InChI=1S/C12H22N4O/c1-2-9-4-3-5-10(8-9)14-12-16-15-11(17-12)6-7-13/h9-10H,2-8,13H2,1H3,(H,14,16). The van der Waals surface area contributed by atoms with Crippen LogP contribution in [0.4, 0.5) is 6.01 Å². The van der Waals surface area contributed by atoms with E-state index in [0.29, 0.717) is 30.9 Å². The van der Waals surface area contributed by atoms with Crippen molar-refractivity contribution in [3.05, 3.63) is 5.89 Å². The number of nitrogens with two attached hydrogens (primary N) is 1. The van der Waals surface area contributed by atoms with Crippen LogP contribution in [0.15, 0.2) is 4.42 Å². The third-order valence-corrected chi connectivity index (χ3v) is 3.51. The molecule has 0 spiro atoms. The van der Waals surface area contributed by atoms with E-state index in [2.05, 4.69) is 22.4 Å². The van der Waals surface area contributed by atoms with Gasteiger partial charge in [-0.2, -0.15) is 0 Å². The van der Waals surface area contributed by atoms with Crippen molar-refractivity contribution in [3.63, 3.8) is 0 Å². The predicted molar refractivity (Wildman–Crippen MR) is 66.7 cm³/mol. The fourth-order valence-corrected chi connectivity index (χ4v) is 2.50. The zero-order chi connectivity index (χ0) is 12.1. The average Bonchev–Trinajstić information content (AvgIpc) is 2.77. The van der Waals surface area contributed by atoms with Crippen LogP contribution in [0.25, 0.3) is 0 Å². The predicted octanol–water partition coefficient (Wildman–Crippen LogP) is 1.95. The van der Waals surface area contributed by atoms with Crippen LogP contribution in [-0.2, 0) is 6.42 Å². The van der Waals surface area contributed by atoms with Crippen LogP contribution in [0.5, 0.6) is 0 Å². The molecular formula is C12H22N4O. The normalized spacial score (nSPS) is 24.8. The average molecular weight is 238 g/mol. The summed E-state index contributed by atoms with van der Waals surface area (Å²) in [5, 5.41) is 11.3. The van der Waals surface area contributed by atoms with Gasteiger partial charge >= 0.3 is 6.01 Å². The molecule has 1 aliphatic carbocycles. The Kier molecular flexibility index (Phi) is 4.36. The van der Waals surface area contributed by atoms with E-state index in [0.717, 1.165) is 5.92 Å². The van der Waals surface area contributed by atoms with Crippen molar-refractivity contribution in [2.45, 2.75) is 51.5 Å². The Bertz CT molecular complexity index is 339. The van der Waals surface area contributed by atoms with Gasteiger partial charge in [0.05, 0.1) is 0 Å². The van der Waals surface area contributed by atoms with Gasteiger partial charge in [0.1, 0.15) is 0 Å². The summed E-state index contributed by atoms with van der Waals surface area (Å²) in [4.78, 5) is 0. The highest BCUT2D eigenvalue weighted by molar-refractivity contribution is 5.19. The molecule has 1 fully saturated rings. The summed E-state index contributed by atoms with van der Waals surface area (Å²) in [6.45, 7) is 2.81. The monoisotopic (exact) mass is 238 g/mol. The molecule has 5 heteroatoms. The molecule has 2 unspecified atom stereocenters. The number of rotatable bonds is 5. The molecule has 0 radical (unpaired) electrons. The molecule has 2 atom stereocenters. The van der Waals surface area contributed by atoms with Gasteiger partial charge in [0.2, 0.25) is 5.89 Å². The number of nitrogens with one attached hydrogen (secondary N) is 1. The third kappa shape index (κ3) is 3.43. The first kappa shape index (κ1) is 12.4. The summed E-state index contributed by atoms with van der Waals surface area (Å²) in [7, 11) is 0. The van der Waals surface area contributed by atoms with Gasteiger partial charge < -0.3 is 15.5 Å². The molecule has 0 saturated heterocycles. The van der Waals surface area contributed by atoms with Crippen LogP contribution in [-0.4, -0.2) is 22.8 Å². The van der Waals surface area contributed by atoms with Crippen molar-refractivity contribution in [1.82, 2.24) is 10.2 Å². The lowest BCUT2D eigenvalue weighted by atomic mass is 9.84. The Morgan fingerprint density at radius 3 is 3.06 bits per heavy atom. The molecule has 0 bridgehead atoms. The summed E-state index contributed by atoms with van der Waals surface area (Å²) < 4.78 is 5.48. The van der Waals surface area contributed by atoms with E-state index < -0.39 is 0 Å². The molecule has 3 N–H and O–H groups in total. The molecule has 0 aromatic carbocycles. The minimum absolute atomic E-state index is 0.486. The van der Waals surface area contributed by atoms with Crippen LogP contribution < -0.4 is 11.1 Å². The van der Waals surface area contributed by atoms with Gasteiger partial charge in [-0.15, -0.1) is 5.10 Å². The largest absolute Gasteiger partial charge is 0.408 e. The van der Waals surface area contributed by atoms with Gasteiger partial charge in [-0.05, 0) is 18.8 Å². The Morgan fingerprint density at radius 2 is 2.29 bits per heavy atom. The van der Waals surface area contributed by atoms with E-state index in [9.17, 15) is 0 Å². The van der Waals surface area contributed by atoms with Crippen molar-refractivity contribution in [3.8, 4) is 0 Å². The number of nitrogens with zero attached hydrogens (tertiary/aromatic N) is 2. The van der Waals surface area contributed by atoms with Crippen LogP contribution in [0, 0.1) is 5.92 Å². The van der Waals surface area contributed by atoms with E-state index >= 15 is 0 Å². The SMILES string of the molecule is CCC1CCCC(Nc2nnc(CCN)o2)C1. The van der Waals surface area contributed by atoms with E-state index in [1.165, 1.54) is 32.1 Å². The molecule has 2 rings (SSSR count). The van der Waals surface area contributed by atoms with Crippen LogP contribution in [0.1, 0.15) is 44.9 Å². The number of aromatic nitrogens is 2. The summed E-state index contributed by atoms with van der Waals surface area (Å²) in [5.74, 6) is 1.46. The quantitative estimate of drug-likeness (QED) is 0.820. The highest BCUT2D eigenvalue weighted by atomic mass is 16.4. The topological polar surface area (TPSA) is 77.0 Å². The smallest absolute Gasteiger partial charge is 0.315 e. The van der Waals surface area contributed by atoms with Gasteiger partial charge in [-0.25, -0.2) is 0 Å². The van der Waals surface area contributed by atoms with Crippen molar-refractivity contribution in [2.24, 2.45) is 11.7 Å². The number of anilines is 1. The maximum absolute atomic E-state index is 5.48. The highest BCUT2D eigenvalue weighted by Gasteiger charge is 2.21. The maximum atomic E-state index is 5.48. The Hall–Kier alpha value is -1.10. The van der Waals surface area contributed by atoms with Crippen molar-refractivity contribution in [2.75, 3.05) is 11.9 Å². The molecule has 1 aromatic heterocycles. The second kappa shape index (κ2) is 6.00. The maximum Gasteiger partial charge on any atom is 0.315 e. The van der Waals surface area contributed by atoms with E-state index in [1.807, 2.05) is 0 Å². The molecule has 96 valence electrons. The molecule has 1 aromatic rings. The van der Waals surface area contributed by atoms with E-state index in [4.69, 9.17) is 10.2 Å². The van der Waals surface area contributed by atoms with Gasteiger partial charge in [0.15, 0.2) is 0 Å². The van der Waals surface area contributed by atoms with Crippen LogP contribution in [0.2, 0.25) is 0 Å². The summed E-state index contributed by atoms with van der Waals surface area (Å²) in [6.07, 6.45) is 6.98. The Balaban J connectivity index is 1.86. The molecule has 1 aliphatic rings. The molecular weight excluding hydrogens is 216 g/mol. The summed E-state index contributed by atoms with van der Waals surface area (Å²) in [5.41, 5.74) is 5.44. The molecule has 0 aliphatic heterocycles. The number of hydrogen-bond acceptors (Lipinski definition) is 5. The number of hydrogen-bond donors (Lipinski definition) is 2. The van der Waals surface area contributed by atoms with E-state index in [-0.39, 0.29) is 0 Å². The second-order valence-corrected chi connectivity index (χ2v) is 4.82. The molecule has 1 heterocycles.